The van der Waals surface area contributed by atoms with Crippen molar-refractivity contribution < 1.29 is 4.79 Å². The number of nitrogens with zero attached hydrogens (tertiary/aromatic N) is 1. The van der Waals surface area contributed by atoms with Crippen LogP contribution in [-0.2, 0) is 4.79 Å². The molecule has 0 saturated carbocycles. The van der Waals surface area contributed by atoms with Crippen molar-refractivity contribution in [1.29, 1.82) is 0 Å². The number of carbonyl (C=O) groups is 1. The molecule has 1 aliphatic rings. The van der Waals surface area contributed by atoms with Crippen LogP contribution >= 0.6 is 0 Å². The molecule has 14 heavy (non-hydrogen) atoms. The third kappa shape index (κ3) is 3.64. The van der Waals surface area contributed by atoms with Gasteiger partial charge in [0.1, 0.15) is 0 Å². The van der Waals surface area contributed by atoms with Crippen LogP contribution in [0.1, 0.15) is 26.2 Å². The van der Waals surface area contributed by atoms with Crippen LogP contribution in [0.3, 0.4) is 0 Å². The first-order valence-electron chi connectivity index (χ1n) is 5.49. The van der Waals surface area contributed by atoms with Crippen molar-refractivity contribution in [3.63, 3.8) is 0 Å². The maximum atomic E-state index is 11.3. The smallest absolute Gasteiger partial charge is 0.236 e. The van der Waals surface area contributed by atoms with Gasteiger partial charge in [-0.25, -0.2) is 0 Å². The third-order valence-electron chi connectivity index (χ3n) is 2.70. The van der Waals surface area contributed by atoms with Crippen LogP contribution in [-0.4, -0.2) is 43.0 Å². The second kappa shape index (κ2) is 5.98. The van der Waals surface area contributed by atoms with Crippen LogP contribution in [0.5, 0.6) is 0 Å². The highest BCUT2D eigenvalue weighted by atomic mass is 16.2. The van der Waals surface area contributed by atoms with Gasteiger partial charge in [-0.15, -0.1) is 0 Å². The molecule has 1 amide bonds. The van der Waals surface area contributed by atoms with Crippen LogP contribution in [0, 0.1) is 0 Å². The molecule has 1 aliphatic heterocycles. The van der Waals surface area contributed by atoms with Gasteiger partial charge < -0.3 is 16.0 Å². The Morgan fingerprint density at radius 3 is 2.71 bits per heavy atom. The first-order valence-corrected chi connectivity index (χ1v) is 5.49. The molecule has 0 unspecified atom stereocenters. The molecule has 0 aromatic carbocycles. The monoisotopic (exact) mass is 199 g/mol. The number of nitrogens with one attached hydrogen (secondary N) is 1. The Bertz CT molecular complexity index is 178. The van der Waals surface area contributed by atoms with E-state index in [1.165, 1.54) is 25.9 Å². The first kappa shape index (κ1) is 11.5. The van der Waals surface area contributed by atoms with Crippen molar-refractivity contribution in [3.8, 4) is 0 Å². The highest BCUT2D eigenvalue weighted by molar-refractivity contribution is 5.81. The lowest BCUT2D eigenvalue weighted by Gasteiger charge is -2.15. The van der Waals surface area contributed by atoms with Gasteiger partial charge in [0.15, 0.2) is 0 Å². The molecule has 4 heteroatoms. The number of hydrogen-bond acceptors (Lipinski definition) is 3. The SMILES string of the molecule is CC[C@@H](N)C(=O)NCCN1CCCC1. The quantitative estimate of drug-likeness (QED) is 0.652. The average Bonchev–Trinajstić information content (AvgIpc) is 2.69. The van der Waals surface area contributed by atoms with E-state index in [1.807, 2.05) is 6.92 Å². The van der Waals surface area contributed by atoms with Gasteiger partial charge in [-0.05, 0) is 32.4 Å². The van der Waals surface area contributed by atoms with Crippen LogP contribution < -0.4 is 11.1 Å². The van der Waals surface area contributed by atoms with E-state index in [1.54, 1.807) is 0 Å². The van der Waals surface area contributed by atoms with Crippen molar-refractivity contribution in [3.05, 3.63) is 0 Å². The number of nitrogens with two attached hydrogens (primary N) is 1. The number of rotatable bonds is 5. The van der Waals surface area contributed by atoms with Crippen LogP contribution in [0.25, 0.3) is 0 Å². The van der Waals surface area contributed by atoms with Crippen molar-refractivity contribution >= 4 is 5.91 Å². The summed E-state index contributed by atoms with van der Waals surface area (Å²) < 4.78 is 0. The van der Waals surface area contributed by atoms with Gasteiger partial charge in [0.05, 0.1) is 6.04 Å². The molecule has 0 aromatic heterocycles. The van der Waals surface area contributed by atoms with Gasteiger partial charge in [0, 0.05) is 13.1 Å². The molecular weight excluding hydrogens is 178 g/mol. The zero-order valence-corrected chi connectivity index (χ0v) is 8.96. The van der Waals surface area contributed by atoms with Crippen LogP contribution in [0.15, 0.2) is 0 Å². The fraction of sp³-hybridized carbons (Fsp3) is 0.900. The first-order chi connectivity index (χ1) is 6.74. The summed E-state index contributed by atoms with van der Waals surface area (Å²) in [5.74, 6) is -0.0216. The lowest BCUT2D eigenvalue weighted by molar-refractivity contribution is -0.122. The highest BCUT2D eigenvalue weighted by Gasteiger charge is 2.13. The Morgan fingerprint density at radius 1 is 1.50 bits per heavy atom. The Morgan fingerprint density at radius 2 is 2.14 bits per heavy atom. The minimum absolute atomic E-state index is 0.0216. The van der Waals surface area contributed by atoms with Gasteiger partial charge in [0.25, 0.3) is 0 Å². The molecule has 1 heterocycles. The van der Waals surface area contributed by atoms with Crippen molar-refractivity contribution in [2.24, 2.45) is 5.73 Å². The van der Waals surface area contributed by atoms with Gasteiger partial charge in [-0.2, -0.15) is 0 Å². The zero-order valence-electron chi connectivity index (χ0n) is 8.96. The largest absolute Gasteiger partial charge is 0.353 e. The Hall–Kier alpha value is -0.610. The van der Waals surface area contributed by atoms with E-state index in [0.29, 0.717) is 6.42 Å². The Balaban J connectivity index is 2.05. The highest BCUT2D eigenvalue weighted by Crippen LogP contribution is 2.05. The zero-order chi connectivity index (χ0) is 10.4. The van der Waals surface area contributed by atoms with E-state index < -0.39 is 0 Å². The average molecular weight is 199 g/mol. The van der Waals surface area contributed by atoms with Crippen LogP contribution in [0.2, 0.25) is 0 Å². The summed E-state index contributed by atoms with van der Waals surface area (Å²) in [5.41, 5.74) is 5.59. The molecule has 1 rings (SSSR count). The maximum absolute atomic E-state index is 11.3. The van der Waals surface area contributed by atoms with Crippen molar-refractivity contribution in [2.75, 3.05) is 26.2 Å². The van der Waals surface area contributed by atoms with E-state index in [2.05, 4.69) is 10.2 Å². The van der Waals surface area contributed by atoms with Gasteiger partial charge >= 0.3 is 0 Å². The predicted octanol–water partition coefficient (Wildman–Crippen LogP) is -0.0643. The van der Waals surface area contributed by atoms with Gasteiger partial charge in [0.2, 0.25) is 5.91 Å². The van der Waals surface area contributed by atoms with E-state index in [-0.39, 0.29) is 11.9 Å². The molecule has 1 atom stereocenters. The fourth-order valence-corrected chi connectivity index (χ4v) is 1.66. The summed E-state index contributed by atoms with van der Waals surface area (Å²) in [5, 5.41) is 2.85. The van der Waals surface area contributed by atoms with Crippen molar-refractivity contribution in [2.45, 2.75) is 32.2 Å². The number of hydrogen-bond donors (Lipinski definition) is 2. The minimum Gasteiger partial charge on any atom is -0.353 e. The van der Waals surface area contributed by atoms with Crippen LogP contribution in [0.4, 0.5) is 0 Å². The number of likely N-dealkylation sites (tertiary alicyclic amines) is 1. The standard InChI is InChI=1S/C10H21N3O/c1-2-9(11)10(14)12-5-8-13-6-3-4-7-13/h9H,2-8,11H2,1H3,(H,12,14)/t9-/m1/s1. The normalized spacial score (nSPS) is 19.6. The second-order valence-electron chi connectivity index (χ2n) is 3.85. The summed E-state index contributed by atoms with van der Waals surface area (Å²) in [6, 6.07) is -0.339. The number of amides is 1. The minimum atomic E-state index is -0.339. The molecule has 0 radical (unpaired) electrons. The molecule has 0 bridgehead atoms. The van der Waals surface area contributed by atoms with Gasteiger partial charge in [-0.1, -0.05) is 6.92 Å². The molecule has 82 valence electrons. The topological polar surface area (TPSA) is 58.4 Å². The second-order valence-corrected chi connectivity index (χ2v) is 3.85. The summed E-state index contributed by atoms with van der Waals surface area (Å²) in [6.45, 7) is 5.96. The van der Waals surface area contributed by atoms with E-state index in [9.17, 15) is 4.79 Å². The lowest BCUT2D eigenvalue weighted by atomic mass is 10.2. The Labute approximate surface area is 85.8 Å². The molecular formula is C10H21N3O. The lowest BCUT2D eigenvalue weighted by Crippen LogP contribution is -2.42. The predicted molar refractivity (Wildman–Crippen MR) is 57.0 cm³/mol. The molecule has 0 spiro atoms. The van der Waals surface area contributed by atoms with Crippen molar-refractivity contribution in [1.82, 2.24) is 10.2 Å². The fourth-order valence-electron chi connectivity index (χ4n) is 1.66. The molecule has 0 aromatic rings. The molecule has 1 saturated heterocycles. The maximum Gasteiger partial charge on any atom is 0.236 e. The van der Waals surface area contributed by atoms with Gasteiger partial charge in [-0.3, -0.25) is 4.79 Å². The molecule has 1 fully saturated rings. The summed E-state index contributed by atoms with van der Waals surface area (Å²) in [6.07, 6.45) is 3.29. The molecule has 4 nitrogen and oxygen atoms in total. The summed E-state index contributed by atoms with van der Waals surface area (Å²) in [7, 11) is 0. The summed E-state index contributed by atoms with van der Waals surface area (Å²) in [4.78, 5) is 13.7. The molecule has 0 aliphatic carbocycles. The third-order valence-corrected chi connectivity index (χ3v) is 2.70. The number of carbonyl (C=O) groups excluding carboxylic acids is 1. The van der Waals surface area contributed by atoms with E-state index >= 15 is 0 Å². The Kier molecular flexibility index (Phi) is 4.90. The molecule has 3 N–H and O–H groups in total. The van der Waals surface area contributed by atoms with E-state index in [4.69, 9.17) is 5.73 Å². The summed E-state index contributed by atoms with van der Waals surface area (Å²) >= 11 is 0. The van der Waals surface area contributed by atoms with E-state index in [0.717, 1.165) is 13.1 Å².